The lowest BCUT2D eigenvalue weighted by Gasteiger charge is -2.32. The topological polar surface area (TPSA) is 80.6 Å². The third-order valence-corrected chi connectivity index (χ3v) is 5.00. The molecule has 0 amide bonds. The number of hydrogen-bond acceptors (Lipinski definition) is 6. The van der Waals surface area contributed by atoms with Gasteiger partial charge in [0.2, 0.25) is 0 Å². The highest BCUT2D eigenvalue weighted by Gasteiger charge is 2.23. The van der Waals surface area contributed by atoms with Crippen LogP contribution in [0, 0.1) is 6.92 Å². The van der Waals surface area contributed by atoms with Crippen molar-refractivity contribution in [1.82, 2.24) is 0 Å². The number of aliphatic carboxylic acids is 1. The van der Waals surface area contributed by atoms with Crippen LogP contribution < -0.4 is 14.4 Å². The number of oxime groups is 1. The summed E-state index contributed by atoms with van der Waals surface area (Å²) in [5, 5.41) is 12.8. The number of hydrogen-bond donors (Lipinski definition) is 1. The quantitative estimate of drug-likeness (QED) is 0.293. The maximum atomic E-state index is 10.6. The Labute approximate surface area is 186 Å². The molecule has 0 atom stereocenters. The van der Waals surface area contributed by atoms with E-state index in [1.165, 1.54) is 0 Å². The highest BCUT2D eigenvalue weighted by atomic mass is 16.6. The second-order valence-electron chi connectivity index (χ2n) is 7.30. The van der Waals surface area contributed by atoms with E-state index in [1.54, 1.807) is 12.3 Å². The molecule has 4 rings (SSSR count). The Morgan fingerprint density at radius 2 is 1.75 bits per heavy atom. The van der Waals surface area contributed by atoms with Gasteiger partial charge in [0.1, 0.15) is 12.4 Å². The van der Waals surface area contributed by atoms with Crippen LogP contribution in [-0.4, -0.2) is 37.0 Å². The summed E-state index contributed by atoms with van der Waals surface area (Å²) in [4.78, 5) is 18.3. The fraction of sp³-hybridized carbons (Fsp3) is 0.200. The Hall–Kier alpha value is -4.00. The van der Waals surface area contributed by atoms with Gasteiger partial charge in [0, 0.05) is 12.6 Å². The van der Waals surface area contributed by atoms with E-state index in [-0.39, 0.29) is 6.61 Å². The summed E-state index contributed by atoms with van der Waals surface area (Å²) >= 11 is 0. The number of fused-ring (bicyclic) bond motifs is 2. The lowest BCUT2D eigenvalue weighted by molar-refractivity contribution is -0.139. The fourth-order valence-electron chi connectivity index (χ4n) is 3.54. The second kappa shape index (κ2) is 9.87. The van der Waals surface area contributed by atoms with Crippen LogP contribution in [-0.2, 0) is 16.1 Å². The van der Waals surface area contributed by atoms with Crippen molar-refractivity contribution in [3.63, 3.8) is 0 Å². The maximum Gasteiger partial charge on any atom is 0.341 e. The van der Waals surface area contributed by atoms with E-state index in [4.69, 9.17) is 19.4 Å². The first kappa shape index (κ1) is 21.2. The van der Waals surface area contributed by atoms with E-state index in [0.29, 0.717) is 25.3 Å². The fourth-order valence-corrected chi connectivity index (χ4v) is 3.54. The van der Waals surface area contributed by atoms with E-state index in [0.717, 1.165) is 34.0 Å². The van der Waals surface area contributed by atoms with Gasteiger partial charge in [-0.25, -0.2) is 4.79 Å². The highest BCUT2D eigenvalue weighted by Crippen LogP contribution is 2.45. The number of nitrogens with zero attached hydrogens (tertiary/aromatic N) is 2. The summed E-state index contributed by atoms with van der Waals surface area (Å²) in [5.74, 6) is 1.21. The molecule has 7 heteroatoms. The monoisotopic (exact) mass is 432 g/mol. The molecule has 0 aromatic heterocycles. The molecule has 0 fully saturated rings. The van der Waals surface area contributed by atoms with Crippen LogP contribution in [0.25, 0.3) is 0 Å². The van der Waals surface area contributed by atoms with Gasteiger partial charge in [-0.2, -0.15) is 0 Å². The molecule has 0 aliphatic carbocycles. The summed E-state index contributed by atoms with van der Waals surface area (Å²) in [6.07, 6.45) is 2.32. The minimum atomic E-state index is -0.998. The average Bonchev–Trinajstić information content (AvgIpc) is 2.80. The van der Waals surface area contributed by atoms with Gasteiger partial charge in [-0.3, -0.25) is 0 Å². The van der Waals surface area contributed by atoms with E-state index < -0.39 is 5.97 Å². The molecule has 0 spiro atoms. The van der Waals surface area contributed by atoms with E-state index in [2.05, 4.69) is 10.1 Å². The molecule has 3 aromatic carbocycles. The molecule has 164 valence electrons. The Balaban J connectivity index is 1.31. The number of ether oxygens (including phenoxy) is 2. The van der Waals surface area contributed by atoms with Crippen LogP contribution >= 0.6 is 0 Å². The molecule has 0 radical (unpaired) electrons. The molecule has 1 heterocycles. The van der Waals surface area contributed by atoms with Crippen molar-refractivity contribution >= 4 is 23.6 Å². The highest BCUT2D eigenvalue weighted by molar-refractivity contribution is 5.77. The summed E-state index contributed by atoms with van der Waals surface area (Å²) in [6.45, 7) is 2.57. The lowest BCUT2D eigenvalue weighted by Crippen LogP contribution is -2.24. The molecule has 3 aromatic rings. The van der Waals surface area contributed by atoms with Gasteiger partial charge in [-0.15, -0.1) is 0 Å². The molecule has 1 aliphatic heterocycles. The molecule has 1 N–H and O–H groups in total. The Kier molecular flexibility index (Phi) is 6.55. The zero-order chi connectivity index (χ0) is 22.3. The van der Waals surface area contributed by atoms with Gasteiger partial charge in [0.25, 0.3) is 0 Å². The molecule has 0 unspecified atom stereocenters. The van der Waals surface area contributed by atoms with Gasteiger partial charge < -0.3 is 24.3 Å². The number of rotatable bonds is 9. The Morgan fingerprint density at radius 1 is 1.06 bits per heavy atom. The average molecular weight is 432 g/mol. The normalized spacial score (nSPS) is 12.1. The van der Waals surface area contributed by atoms with Crippen molar-refractivity contribution in [3.8, 4) is 17.2 Å². The summed E-state index contributed by atoms with van der Waals surface area (Å²) in [7, 11) is 0. The van der Waals surface area contributed by atoms with Crippen LogP contribution in [0.2, 0.25) is 0 Å². The smallest absolute Gasteiger partial charge is 0.341 e. The summed E-state index contributed by atoms with van der Waals surface area (Å²) < 4.78 is 11.2. The van der Waals surface area contributed by atoms with Crippen molar-refractivity contribution in [3.05, 3.63) is 77.9 Å². The van der Waals surface area contributed by atoms with Crippen LogP contribution in [0.15, 0.2) is 71.9 Å². The minimum Gasteiger partial charge on any atom is -0.482 e. The lowest BCUT2D eigenvalue weighted by atomic mass is 10.1. The molecular formula is C25H24N2O5. The summed E-state index contributed by atoms with van der Waals surface area (Å²) in [6, 6.07) is 21.5. The Bertz CT molecular complexity index is 1080. The second-order valence-corrected chi connectivity index (χ2v) is 7.30. The van der Waals surface area contributed by atoms with Gasteiger partial charge in [0.05, 0.1) is 17.9 Å². The number of carboxylic acids is 1. The first-order valence-corrected chi connectivity index (χ1v) is 10.3. The SMILES string of the molecule is Cc1cc(CC=NOCCN2c3ccccc3Oc3ccccc32)ccc1OCC(=O)O. The Morgan fingerprint density at radius 3 is 2.41 bits per heavy atom. The van der Waals surface area contributed by atoms with Crippen molar-refractivity contribution < 1.29 is 24.2 Å². The number of aryl methyl sites for hydroxylation is 1. The van der Waals surface area contributed by atoms with Gasteiger partial charge in [-0.1, -0.05) is 41.6 Å². The van der Waals surface area contributed by atoms with Crippen LogP contribution in [0.1, 0.15) is 11.1 Å². The molecule has 7 nitrogen and oxygen atoms in total. The summed E-state index contributed by atoms with van der Waals surface area (Å²) in [5.41, 5.74) is 3.91. The van der Waals surface area contributed by atoms with Gasteiger partial charge in [0.15, 0.2) is 18.1 Å². The van der Waals surface area contributed by atoms with Crippen LogP contribution in [0.3, 0.4) is 0 Å². The predicted molar refractivity (Wildman–Crippen MR) is 122 cm³/mol. The zero-order valence-electron chi connectivity index (χ0n) is 17.7. The minimum absolute atomic E-state index is 0.354. The number of carbonyl (C=O) groups is 1. The molecule has 0 saturated carbocycles. The molecule has 32 heavy (non-hydrogen) atoms. The van der Waals surface area contributed by atoms with Crippen molar-refractivity contribution in [2.24, 2.45) is 5.16 Å². The van der Waals surface area contributed by atoms with Gasteiger partial charge >= 0.3 is 5.97 Å². The van der Waals surface area contributed by atoms with Crippen LogP contribution in [0.5, 0.6) is 17.2 Å². The van der Waals surface area contributed by atoms with Crippen molar-refractivity contribution in [2.75, 3.05) is 24.7 Å². The first-order valence-electron chi connectivity index (χ1n) is 10.3. The van der Waals surface area contributed by atoms with E-state index >= 15 is 0 Å². The van der Waals surface area contributed by atoms with Crippen LogP contribution in [0.4, 0.5) is 11.4 Å². The maximum absolute atomic E-state index is 10.6. The molecular weight excluding hydrogens is 408 g/mol. The van der Waals surface area contributed by atoms with Gasteiger partial charge in [-0.05, 0) is 48.4 Å². The third kappa shape index (κ3) is 5.00. The molecule has 0 saturated heterocycles. The zero-order valence-corrected chi connectivity index (χ0v) is 17.7. The number of anilines is 2. The van der Waals surface area contributed by atoms with Crippen molar-refractivity contribution in [2.45, 2.75) is 13.3 Å². The standard InChI is InChI=1S/C25H24N2O5/c1-18-16-19(10-11-22(18)30-17-25(28)29)12-13-26-31-15-14-27-20-6-2-4-8-23(20)32-24-9-5-3-7-21(24)27/h2-11,13,16H,12,14-15,17H2,1H3,(H,28,29). The number of benzene rings is 3. The van der Waals surface area contributed by atoms with E-state index in [9.17, 15) is 4.79 Å². The predicted octanol–water partition coefficient (Wildman–Crippen LogP) is 4.95. The molecule has 1 aliphatic rings. The molecule has 0 bridgehead atoms. The number of para-hydroxylation sites is 4. The largest absolute Gasteiger partial charge is 0.482 e. The first-order chi connectivity index (χ1) is 15.6. The number of carboxylic acid groups (broad SMARTS) is 1. The third-order valence-electron chi connectivity index (χ3n) is 5.00. The van der Waals surface area contributed by atoms with Crippen molar-refractivity contribution in [1.29, 1.82) is 0 Å². The van der Waals surface area contributed by atoms with E-state index in [1.807, 2.05) is 67.6 Å².